The fraction of sp³-hybridized carbons (Fsp3) is 0.379. The molecule has 6 rings (SSSR count). The van der Waals surface area contributed by atoms with Crippen LogP contribution in [0.1, 0.15) is 41.4 Å². The van der Waals surface area contributed by atoms with E-state index in [4.69, 9.17) is 35.8 Å². The van der Waals surface area contributed by atoms with Crippen molar-refractivity contribution in [2.75, 3.05) is 26.8 Å². The van der Waals surface area contributed by atoms with Crippen molar-refractivity contribution in [2.24, 2.45) is 7.05 Å². The number of para-hydroxylation sites is 1. The zero-order valence-corrected chi connectivity index (χ0v) is 22.0. The molecule has 37 heavy (non-hydrogen) atoms. The standard InChI is InChI=1S/C29H31ClN4O3/c1-33-24-6-4-7-25(35-2)28(24)32-26(33)17-34-14-11-19(12-15-34)23-5-3-8-27(31-23)37-18-20-9-10-22(30)21-13-16-36-29(20)21/h3-10,19H,11-18H2,1-2H3. The molecule has 1 fully saturated rings. The van der Waals surface area contributed by atoms with E-state index in [1.807, 2.05) is 36.4 Å². The molecule has 0 bridgehead atoms. The van der Waals surface area contributed by atoms with Crippen LogP contribution in [0.15, 0.2) is 48.5 Å². The highest BCUT2D eigenvalue weighted by molar-refractivity contribution is 6.31. The van der Waals surface area contributed by atoms with E-state index in [2.05, 4.69) is 28.6 Å². The lowest BCUT2D eigenvalue weighted by molar-refractivity contribution is 0.197. The molecule has 2 aliphatic rings. The molecule has 192 valence electrons. The third-order valence-corrected chi connectivity index (χ3v) is 7.92. The number of hydrogen-bond acceptors (Lipinski definition) is 6. The van der Waals surface area contributed by atoms with Crippen LogP contribution in [-0.4, -0.2) is 46.2 Å². The number of rotatable bonds is 7. The lowest BCUT2D eigenvalue weighted by Gasteiger charge is -2.31. The zero-order chi connectivity index (χ0) is 25.4. The van der Waals surface area contributed by atoms with Gasteiger partial charge in [-0.05, 0) is 50.2 Å². The van der Waals surface area contributed by atoms with Gasteiger partial charge in [0.2, 0.25) is 5.88 Å². The molecule has 0 N–H and O–H groups in total. The van der Waals surface area contributed by atoms with Gasteiger partial charge in [0.15, 0.2) is 0 Å². The summed E-state index contributed by atoms with van der Waals surface area (Å²) in [6.45, 7) is 3.92. The summed E-state index contributed by atoms with van der Waals surface area (Å²) in [6.07, 6.45) is 2.96. The molecule has 0 radical (unpaired) electrons. The number of piperidine rings is 1. The van der Waals surface area contributed by atoms with Crippen molar-refractivity contribution in [1.82, 2.24) is 19.4 Å². The predicted octanol–water partition coefficient (Wildman–Crippen LogP) is 5.52. The van der Waals surface area contributed by atoms with Gasteiger partial charge >= 0.3 is 0 Å². The van der Waals surface area contributed by atoms with E-state index in [1.54, 1.807) is 7.11 Å². The van der Waals surface area contributed by atoms with Crippen molar-refractivity contribution in [3.8, 4) is 17.4 Å². The van der Waals surface area contributed by atoms with Crippen LogP contribution < -0.4 is 14.2 Å². The third kappa shape index (κ3) is 4.74. The summed E-state index contributed by atoms with van der Waals surface area (Å²) in [5.74, 6) is 3.82. The first-order chi connectivity index (χ1) is 18.1. The van der Waals surface area contributed by atoms with E-state index in [0.717, 1.165) is 89.1 Å². The summed E-state index contributed by atoms with van der Waals surface area (Å²) >= 11 is 6.31. The number of ether oxygens (including phenoxy) is 3. The Bertz CT molecular complexity index is 1430. The molecule has 8 heteroatoms. The molecule has 7 nitrogen and oxygen atoms in total. The number of aromatic nitrogens is 3. The monoisotopic (exact) mass is 518 g/mol. The maximum Gasteiger partial charge on any atom is 0.213 e. The quantitative estimate of drug-likeness (QED) is 0.321. The van der Waals surface area contributed by atoms with Crippen molar-refractivity contribution in [1.29, 1.82) is 0 Å². The fourth-order valence-corrected chi connectivity index (χ4v) is 5.70. The Kier molecular flexibility index (Phi) is 6.65. The minimum Gasteiger partial charge on any atom is -0.494 e. The van der Waals surface area contributed by atoms with Gasteiger partial charge in [-0.15, -0.1) is 0 Å². The average molecular weight is 519 g/mol. The van der Waals surface area contributed by atoms with Gasteiger partial charge in [0.25, 0.3) is 0 Å². The molecular formula is C29H31ClN4O3. The van der Waals surface area contributed by atoms with Gasteiger partial charge in [0.05, 0.1) is 25.8 Å². The summed E-state index contributed by atoms with van der Waals surface area (Å²) in [6, 6.07) is 16.1. The Morgan fingerprint density at radius 3 is 2.73 bits per heavy atom. The highest BCUT2D eigenvalue weighted by Gasteiger charge is 2.24. The lowest BCUT2D eigenvalue weighted by atomic mass is 9.93. The van der Waals surface area contributed by atoms with Crippen LogP contribution in [0.4, 0.5) is 0 Å². The molecule has 2 aliphatic heterocycles. The summed E-state index contributed by atoms with van der Waals surface area (Å²) < 4.78 is 19.6. The highest BCUT2D eigenvalue weighted by Crippen LogP contribution is 2.36. The van der Waals surface area contributed by atoms with Crippen molar-refractivity contribution in [3.05, 3.63) is 76.2 Å². The van der Waals surface area contributed by atoms with Gasteiger partial charge in [0.1, 0.15) is 29.4 Å². The second-order valence-electron chi connectivity index (χ2n) is 9.77. The number of benzene rings is 2. The van der Waals surface area contributed by atoms with E-state index >= 15 is 0 Å². The topological polar surface area (TPSA) is 61.6 Å². The minimum absolute atomic E-state index is 0.414. The van der Waals surface area contributed by atoms with E-state index in [9.17, 15) is 0 Å². The van der Waals surface area contributed by atoms with Crippen molar-refractivity contribution >= 4 is 22.6 Å². The molecule has 4 heterocycles. The Hall–Kier alpha value is -3.29. The number of imidazole rings is 1. The largest absolute Gasteiger partial charge is 0.494 e. The Balaban J connectivity index is 1.08. The molecule has 4 aromatic rings. The number of aryl methyl sites for hydroxylation is 1. The van der Waals surface area contributed by atoms with Crippen molar-refractivity contribution < 1.29 is 14.2 Å². The Labute approximate surface area is 221 Å². The van der Waals surface area contributed by atoms with E-state index < -0.39 is 0 Å². The maximum atomic E-state index is 6.31. The number of likely N-dealkylation sites (tertiary alicyclic amines) is 1. The summed E-state index contributed by atoms with van der Waals surface area (Å²) in [4.78, 5) is 12.2. The SMILES string of the molecule is COc1cccc2c1nc(CN1CCC(c3cccc(OCc4ccc(Cl)c5c4OCC5)n3)CC1)n2C. The Morgan fingerprint density at radius 1 is 1.05 bits per heavy atom. The van der Waals surface area contributed by atoms with Crippen LogP contribution in [0, 0.1) is 0 Å². The smallest absolute Gasteiger partial charge is 0.213 e. The first kappa shape index (κ1) is 24.1. The van der Waals surface area contributed by atoms with Crippen LogP contribution >= 0.6 is 11.6 Å². The van der Waals surface area contributed by atoms with Crippen LogP contribution in [0.3, 0.4) is 0 Å². The molecule has 0 spiro atoms. The van der Waals surface area contributed by atoms with E-state index in [1.165, 1.54) is 0 Å². The van der Waals surface area contributed by atoms with E-state index in [0.29, 0.717) is 25.0 Å². The molecule has 0 amide bonds. The first-order valence-corrected chi connectivity index (χ1v) is 13.2. The normalized spacial score (nSPS) is 16.1. The molecule has 2 aromatic carbocycles. The summed E-state index contributed by atoms with van der Waals surface area (Å²) in [5, 5.41) is 0.763. The van der Waals surface area contributed by atoms with Gasteiger partial charge in [-0.3, -0.25) is 4.90 Å². The fourth-order valence-electron chi connectivity index (χ4n) is 5.45. The predicted molar refractivity (Wildman–Crippen MR) is 144 cm³/mol. The van der Waals surface area contributed by atoms with Gasteiger partial charge in [-0.1, -0.05) is 29.8 Å². The highest BCUT2D eigenvalue weighted by atomic mass is 35.5. The van der Waals surface area contributed by atoms with Gasteiger partial charge in [-0.25, -0.2) is 9.97 Å². The van der Waals surface area contributed by atoms with Crippen LogP contribution in [0.25, 0.3) is 11.0 Å². The van der Waals surface area contributed by atoms with Gasteiger partial charge < -0.3 is 18.8 Å². The summed E-state index contributed by atoms with van der Waals surface area (Å²) in [5.41, 5.74) is 5.21. The zero-order valence-electron chi connectivity index (χ0n) is 21.2. The first-order valence-electron chi connectivity index (χ1n) is 12.8. The second kappa shape index (κ2) is 10.2. The Morgan fingerprint density at radius 2 is 1.89 bits per heavy atom. The van der Waals surface area contributed by atoms with E-state index in [-0.39, 0.29) is 0 Å². The number of hydrogen-bond donors (Lipinski definition) is 0. The molecule has 0 saturated carbocycles. The van der Waals surface area contributed by atoms with Crippen LogP contribution in [0.2, 0.25) is 5.02 Å². The number of nitrogens with zero attached hydrogens (tertiary/aromatic N) is 4. The molecule has 0 aliphatic carbocycles. The van der Waals surface area contributed by atoms with Crippen LogP contribution in [0.5, 0.6) is 17.4 Å². The minimum atomic E-state index is 0.414. The molecule has 1 saturated heterocycles. The number of fused-ring (bicyclic) bond motifs is 2. The summed E-state index contributed by atoms with van der Waals surface area (Å²) in [7, 11) is 3.77. The lowest BCUT2D eigenvalue weighted by Crippen LogP contribution is -2.33. The molecular weight excluding hydrogens is 488 g/mol. The van der Waals surface area contributed by atoms with Gasteiger partial charge in [0, 0.05) is 47.3 Å². The third-order valence-electron chi connectivity index (χ3n) is 7.56. The molecule has 0 unspecified atom stereocenters. The average Bonchev–Trinajstić information content (AvgIpc) is 3.55. The second-order valence-corrected chi connectivity index (χ2v) is 10.2. The van der Waals surface area contributed by atoms with Gasteiger partial charge in [-0.2, -0.15) is 0 Å². The van der Waals surface area contributed by atoms with Crippen molar-refractivity contribution in [2.45, 2.75) is 38.3 Å². The van der Waals surface area contributed by atoms with Crippen LogP contribution in [-0.2, 0) is 26.6 Å². The maximum absolute atomic E-state index is 6.31. The number of halogens is 1. The van der Waals surface area contributed by atoms with Crippen molar-refractivity contribution in [3.63, 3.8) is 0 Å². The molecule has 2 aromatic heterocycles. The number of pyridine rings is 1. The number of methoxy groups -OCH3 is 1. The molecule has 0 atom stereocenters.